The Kier molecular flexibility index (Phi) is 2.99. The van der Waals surface area contributed by atoms with E-state index in [2.05, 4.69) is 4.98 Å². The van der Waals surface area contributed by atoms with Crippen molar-refractivity contribution < 1.29 is 19.0 Å². The second-order valence-corrected chi connectivity index (χ2v) is 4.71. The maximum Gasteiger partial charge on any atom is 0.338 e. The van der Waals surface area contributed by atoms with Crippen molar-refractivity contribution in [2.45, 2.75) is 19.6 Å². The van der Waals surface area contributed by atoms with Gasteiger partial charge in [-0.05, 0) is 24.6 Å². The zero-order chi connectivity index (χ0) is 14.3. The fourth-order valence-electron chi connectivity index (χ4n) is 2.40. The summed E-state index contributed by atoms with van der Waals surface area (Å²) >= 11 is 0. The highest BCUT2D eigenvalue weighted by Gasteiger charge is 2.22. The number of cyclic esters (lactones) is 1. The number of hydrogen-bond donors (Lipinski definition) is 1. The molecule has 4 nitrogen and oxygen atoms in total. The van der Waals surface area contributed by atoms with Crippen molar-refractivity contribution in [1.29, 1.82) is 0 Å². The average molecular weight is 273 g/mol. The molecule has 0 saturated carbocycles. The maximum absolute atomic E-state index is 13.8. The quantitative estimate of drug-likeness (QED) is 0.854. The molecule has 0 saturated heterocycles. The van der Waals surface area contributed by atoms with E-state index in [0.717, 1.165) is 11.8 Å². The molecule has 0 spiro atoms. The number of pyridine rings is 1. The molecule has 0 fully saturated rings. The summed E-state index contributed by atoms with van der Waals surface area (Å²) in [4.78, 5) is 15.2. The maximum atomic E-state index is 13.8. The fourth-order valence-corrected chi connectivity index (χ4v) is 2.40. The molecular formula is C15H12FNO3. The molecule has 1 unspecified atom stereocenters. The van der Waals surface area contributed by atoms with Crippen molar-refractivity contribution >= 4 is 5.97 Å². The summed E-state index contributed by atoms with van der Waals surface area (Å²) in [7, 11) is 0. The van der Waals surface area contributed by atoms with Gasteiger partial charge in [-0.25, -0.2) is 9.18 Å². The number of aliphatic hydroxyl groups excluding tert-OH is 1. The molecule has 2 heterocycles. The zero-order valence-electron chi connectivity index (χ0n) is 10.8. The molecule has 1 aromatic carbocycles. The SMILES string of the molecule is CC(O)c1c(F)cncc1-c1ccc2c(c1)COC2=O. The van der Waals surface area contributed by atoms with Crippen LogP contribution < -0.4 is 0 Å². The van der Waals surface area contributed by atoms with Gasteiger partial charge < -0.3 is 9.84 Å². The van der Waals surface area contributed by atoms with Crippen molar-refractivity contribution in [1.82, 2.24) is 4.98 Å². The van der Waals surface area contributed by atoms with Gasteiger partial charge in [0.15, 0.2) is 0 Å². The molecule has 1 aliphatic rings. The van der Waals surface area contributed by atoms with Crippen LogP contribution in [0.25, 0.3) is 11.1 Å². The highest BCUT2D eigenvalue weighted by molar-refractivity contribution is 5.94. The van der Waals surface area contributed by atoms with Crippen LogP contribution in [0.5, 0.6) is 0 Å². The lowest BCUT2D eigenvalue weighted by atomic mass is 9.96. The Bertz CT molecular complexity index is 698. The molecule has 1 N–H and O–H groups in total. The number of carbonyl (C=O) groups is 1. The minimum Gasteiger partial charge on any atom is -0.457 e. The van der Waals surface area contributed by atoms with Crippen LogP contribution in [-0.2, 0) is 11.3 Å². The van der Waals surface area contributed by atoms with Crippen LogP contribution in [-0.4, -0.2) is 16.1 Å². The van der Waals surface area contributed by atoms with Gasteiger partial charge in [0.1, 0.15) is 12.4 Å². The van der Waals surface area contributed by atoms with E-state index in [1.165, 1.54) is 13.1 Å². The first-order valence-corrected chi connectivity index (χ1v) is 6.20. The summed E-state index contributed by atoms with van der Waals surface area (Å²) < 4.78 is 18.8. The van der Waals surface area contributed by atoms with Gasteiger partial charge in [0.2, 0.25) is 0 Å². The number of benzene rings is 1. The number of rotatable bonds is 2. The molecule has 5 heteroatoms. The van der Waals surface area contributed by atoms with Crippen molar-refractivity contribution in [3.63, 3.8) is 0 Å². The number of carbonyl (C=O) groups excluding carboxylic acids is 1. The average Bonchev–Trinajstić information content (AvgIpc) is 2.79. The first-order valence-electron chi connectivity index (χ1n) is 6.20. The monoisotopic (exact) mass is 273 g/mol. The molecule has 0 aliphatic carbocycles. The molecule has 0 radical (unpaired) electrons. The third-order valence-electron chi connectivity index (χ3n) is 3.35. The lowest BCUT2D eigenvalue weighted by molar-refractivity contribution is 0.0535. The molecule has 20 heavy (non-hydrogen) atoms. The molecule has 1 atom stereocenters. The van der Waals surface area contributed by atoms with Gasteiger partial charge in [0.25, 0.3) is 0 Å². The summed E-state index contributed by atoms with van der Waals surface area (Å²) in [6, 6.07) is 5.12. The van der Waals surface area contributed by atoms with E-state index in [0.29, 0.717) is 16.7 Å². The van der Waals surface area contributed by atoms with Gasteiger partial charge in [0.05, 0.1) is 17.9 Å². The molecule has 3 rings (SSSR count). The van der Waals surface area contributed by atoms with Crippen molar-refractivity contribution in [2.24, 2.45) is 0 Å². The van der Waals surface area contributed by atoms with Gasteiger partial charge in [-0.1, -0.05) is 6.07 Å². The van der Waals surface area contributed by atoms with Crippen molar-refractivity contribution in [2.75, 3.05) is 0 Å². The van der Waals surface area contributed by atoms with E-state index in [1.807, 2.05) is 0 Å². The van der Waals surface area contributed by atoms with Gasteiger partial charge in [0, 0.05) is 22.9 Å². The Hall–Kier alpha value is -2.27. The summed E-state index contributed by atoms with van der Waals surface area (Å²) in [6.07, 6.45) is 1.63. The largest absolute Gasteiger partial charge is 0.457 e. The topological polar surface area (TPSA) is 59.4 Å². The minimum absolute atomic E-state index is 0.199. The summed E-state index contributed by atoms with van der Waals surface area (Å²) in [5.41, 5.74) is 2.70. The molecule has 1 aromatic heterocycles. The number of hydrogen-bond acceptors (Lipinski definition) is 4. The van der Waals surface area contributed by atoms with E-state index in [9.17, 15) is 14.3 Å². The number of aromatic nitrogens is 1. The second kappa shape index (κ2) is 4.68. The van der Waals surface area contributed by atoms with E-state index < -0.39 is 11.9 Å². The predicted molar refractivity (Wildman–Crippen MR) is 69.4 cm³/mol. The van der Waals surface area contributed by atoms with Crippen LogP contribution in [0.4, 0.5) is 4.39 Å². The van der Waals surface area contributed by atoms with Gasteiger partial charge >= 0.3 is 5.97 Å². The Morgan fingerprint density at radius 2 is 2.15 bits per heavy atom. The van der Waals surface area contributed by atoms with E-state index >= 15 is 0 Å². The Balaban J connectivity index is 2.15. The third-order valence-corrected chi connectivity index (χ3v) is 3.35. The van der Waals surface area contributed by atoms with Gasteiger partial charge in [-0.2, -0.15) is 0 Å². The molecular weight excluding hydrogens is 261 g/mol. The first kappa shape index (κ1) is 12.7. The first-order chi connectivity index (χ1) is 9.58. The molecule has 2 aromatic rings. The van der Waals surface area contributed by atoms with Gasteiger partial charge in [-0.15, -0.1) is 0 Å². The third kappa shape index (κ3) is 1.96. The summed E-state index contributed by atoms with van der Waals surface area (Å²) in [6.45, 7) is 1.72. The number of nitrogens with zero attached hydrogens (tertiary/aromatic N) is 1. The number of halogens is 1. The molecule has 0 amide bonds. The summed E-state index contributed by atoms with van der Waals surface area (Å²) in [5.74, 6) is -0.898. The Morgan fingerprint density at radius 1 is 1.35 bits per heavy atom. The number of fused-ring (bicyclic) bond motifs is 1. The van der Waals surface area contributed by atoms with Crippen molar-refractivity contribution in [3.05, 3.63) is 53.1 Å². The van der Waals surface area contributed by atoms with E-state index in [1.54, 1.807) is 18.2 Å². The predicted octanol–water partition coefficient (Wildman–Crippen LogP) is 2.61. The standard InChI is InChI=1S/C15H12FNO3/c1-8(18)14-12(5-17-6-13(14)16)9-2-3-11-10(4-9)7-20-15(11)19/h2-6,8,18H,7H2,1H3. The van der Waals surface area contributed by atoms with Crippen LogP contribution in [0.2, 0.25) is 0 Å². The number of esters is 1. The highest BCUT2D eigenvalue weighted by atomic mass is 19.1. The number of aliphatic hydroxyl groups is 1. The Morgan fingerprint density at radius 3 is 2.90 bits per heavy atom. The normalized spacial score (nSPS) is 14.8. The number of ether oxygens (including phenoxy) is 1. The lowest BCUT2D eigenvalue weighted by Crippen LogP contribution is -2.01. The smallest absolute Gasteiger partial charge is 0.338 e. The lowest BCUT2D eigenvalue weighted by Gasteiger charge is -2.13. The van der Waals surface area contributed by atoms with Crippen molar-refractivity contribution in [3.8, 4) is 11.1 Å². The second-order valence-electron chi connectivity index (χ2n) is 4.71. The fraction of sp³-hybridized carbons (Fsp3) is 0.200. The van der Waals surface area contributed by atoms with Crippen LogP contribution in [0.1, 0.15) is 34.5 Å². The van der Waals surface area contributed by atoms with E-state index in [4.69, 9.17) is 4.74 Å². The Labute approximate surface area is 114 Å². The molecule has 1 aliphatic heterocycles. The summed E-state index contributed by atoms with van der Waals surface area (Å²) in [5, 5.41) is 9.74. The molecule has 102 valence electrons. The van der Waals surface area contributed by atoms with Crippen LogP contribution in [0.3, 0.4) is 0 Å². The zero-order valence-corrected chi connectivity index (χ0v) is 10.8. The highest BCUT2D eigenvalue weighted by Crippen LogP contribution is 2.32. The van der Waals surface area contributed by atoms with Crippen LogP contribution in [0, 0.1) is 5.82 Å². The van der Waals surface area contributed by atoms with Crippen LogP contribution in [0.15, 0.2) is 30.6 Å². The van der Waals surface area contributed by atoms with Crippen LogP contribution >= 0.6 is 0 Å². The van der Waals surface area contributed by atoms with E-state index in [-0.39, 0.29) is 18.1 Å². The van der Waals surface area contributed by atoms with Gasteiger partial charge in [-0.3, -0.25) is 4.98 Å². The minimum atomic E-state index is -0.945. The molecule has 0 bridgehead atoms.